The second-order valence-corrected chi connectivity index (χ2v) is 7.65. The number of fused-ring (bicyclic) bond motifs is 3. The maximum absolute atomic E-state index is 13.2. The normalized spacial score (nSPS) is 20.1. The molecule has 0 unspecified atom stereocenters. The molecule has 0 aromatic heterocycles. The summed E-state index contributed by atoms with van der Waals surface area (Å²) in [7, 11) is 0. The van der Waals surface area contributed by atoms with E-state index in [1.54, 1.807) is 34.1 Å². The van der Waals surface area contributed by atoms with Gasteiger partial charge < -0.3 is 15.0 Å². The standard InChI is InChI=1S/C23H25N3O4/c1-3-30-19-11-7-5-9-17(19)24-20(27)13-15-25-22(29)16-8-4-6-10-18(16)26-21(28)12-14-23(25,26)2/h4-11H,3,12-15H2,1-2H3,(H,24,27)/t23-/m0/s1. The highest BCUT2D eigenvalue weighted by molar-refractivity contribution is 6.10. The molecule has 156 valence electrons. The number of rotatable bonds is 6. The van der Waals surface area contributed by atoms with Crippen molar-refractivity contribution in [3.63, 3.8) is 0 Å². The topological polar surface area (TPSA) is 79.0 Å². The maximum Gasteiger partial charge on any atom is 0.257 e. The van der Waals surface area contributed by atoms with E-state index in [1.807, 2.05) is 38.1 Å². The molecule has 2 heterocycles. The molecule has 2 aromatic carbocycles. The van der Waals surface area contributed by atoms with E-state index in [0.717, 1.165) is 0 Å². The van der Waals surface area contributed by atoms with Gasteiger partial charge in [0.25, 0.3) is 5.91 Å². The molecule has 1 saturated heterocycles. The second-order valence-electron chi connectivity index (χ2n) is 7.65. The highest BCUT2D eigenvalue weighted by Crippen LogP contribution is 2.44. The van der Waals surface area contributed by atoms with Crippen LogP contribution in [0.4, 0.5) is 11.4 Å². The minimum absolute atomic E-state index is 0.00227. The van der Waals surface area contributed by atoms with Gasteiger partial charge >= 0.3 is 0 Å². The number of carbonyl (C=O) groups excluding carboxylic acids is 3. The Morgan fingerprint density at radius 3 is 2.67 bits per heavy atom. The van der Waals surface area contributed by atoms with E-state index >= 15 is 0 Å². The Kier molecular flexibility index (Phi) is 5.20. The van der Waals surface area contributed by atoms with Crippen molar-refractivity contribution in [2.24, 2.45) is 0 Å². The van der Waals surface area contributed by atoms with Gasteiger partial charge in [-0.2, -0.15) is 0 Å². The molecule has 2 aliphatic rings. The molecule has 1 atom stereocenters. The van der Waals surface area contributed by atoms with Crippen molar-refractivity contribution in [3.05, 3.63) is 54.1 Å². The first-order valence-corrected chi connectivity index (χ1v) is 10.2. The lowest BCUT2D eigenvalue weighted by atomic mass is 9.98. The molecule has 3 amide bonds. The van der Waals surface area contributed by atoms with Gasteiger partial charge in [0, 0.05) is 19.4 Å². The van der Waals surface area contributed by atoms with Gasteiger partial charge in [0.1, 0.15) is 11.4 Å². The van der Waals surface area contributed by atoms with Crippen molar-refractivity contribution in [3.8, 4) is 5.75 Å². The summed E-state index contributed by atoms with van der Waals surface area (Å²) in [5, 5.41) is 2.87. The molecule has 1 fully saturated rings. The summed E-state index contributed by atoms with van der Waals surface area (Å²) in [5.41, 5.74) is 0.987. The molecule has 0 aliphatic carbocycles. The molecule has 4 rings (SSSR count). The SMILES string of the molecule is CCOc1ccccc1NC(=O)CCN1C(=O)c2ccccc2N2C(=O)CC[C@@]12C. The lowest BCUT2D eigenvalue weighted by Crippen LogP contribution is -2.62. The summed E-state index contributed by atoms with van der Waals surface area (Å²) in [4.78, 5) is 41.8. The fourth-order valence-electron chi connectivity index (χ4n) is 4.32. The average Bonchev–Trinajstić information content (AvgIpc) is 3.05. The molecule has 0 spiro atoms. The Hall–Kier alpha value is -3.35. The smallest absolute Gasteiger partial charge is 0.257 e. The van der Waals surface area contributed by atoms with Gasteiger partial charge in [0.15, 0.2) is 0 Å². The summed E-state index contributed by atoms with van der Waals surface area (Å²) in [6, 6.07) is 14.4. The van der Waals surface area contributed by atoms with Gasteiger partial charge in [-0.15, -0.1) is 0 Å². The van der Waals surface area contributed by atoms with Crippen LogP contribution in [-0.4, -0.2) is 41.4 Å². The molecule has 7 heteroatoms. The van der Waals surface area contributed by atoms with Crippen molar-refractivity contribution in [2.45, 2.75) is 38.8 Å². The molecule has 30 heavy (non-hydrogen) atoms. The second kappa shape index (κ2) is 7.82. The van der Waals surface area contributed by atoms with Crippen LogP contribution in [0.15, 0.2) is 48.5 Å². The molecule has 0 bridgehead atoms. The summed E-state index contributed by atoms with van der Waals surface area (Å²) in [5.74, 6) is 0.239. The van der Waals surface area contributed by atoms with Gasteiger partial charge in [0.2, 0.25) is 11.8 Å². The zero-order valence-electron chi connectivity index (χ0n) is 17.2. The first-order chi connectivity index (χ1) is 14.5. The third-order valence-corrected chi connectivity index (χ3v) is 5.77. The molecule has 2 aliphatic heterocycles. The van der Waals surface area contributed by atoms with Crippen LogP contribution in [0, 0.1) is 0 Å². The van der Waals surface area contributed by atoms with Crippen LogP contribution in [0.2, 0.25) is 0 Å². The lowest BCUT2D eigenvalue weighted by molar-refractivity contribution is -0.117. The summed E-state index contributed by atoms with van der Waals surface area (Å²) in [6.45, 7) is 4.49. The molecule has 0 radical (unpaired) electrons. The van der Waals surface area contributed by atoms with E-state index < -0.39 is 5.66 Å². The molecular formula is C23H25N3O4. The van der Waals surface area contributed by atoms with E-state index in [1.165, 1.54) is 0 Å². The number of amides is 3. The van der Waals surface area contributed by atoms with Crippen molar-refractivity contribution in [1.29, 1.82) is 0 Å². The molecule has 2 aromatic rings. The zero-order valence-corrected chi connectivity index (χ0v) is 17.2. The van der Waals surface area contributed by atoms with Gasteiger partial charge in [-0.1, -0.05) is 24.3 Å². The summed E-state index contributed by atoms with van der Waals surface area (Å²) >= 11 is 0. The highest BCUT2D eigenvalue weighted by atomic mass is 16.5. The van der Waals surface area contributed by atoms with Crippen LogP contribution in [-0.2, 0) is 9.59 Å². The number of hydrogen-bond donors (Lipinski definition) is 1. The highest BCUT2D eigenvalue weighted by Gasteiger charge is 2.52. The largest absolute Gasteiger partial charge is 0.492 e. The number of anilines is 2. The quantitative estimate of drug-likeness (QED) is 0.796. The number of carbonyl (C=O) groups is 3. The van der Waals surface area contributed by atoms with Gasteiger partial charge in [0.05, 0.1) is 23.5 Å². The van der Waals surface area contributed by atoms with Crippen LogP contribution >= 0.6 is 0 Å². The first kappa shape index (κ1) is 19.9. The number of hydrogen-bond acceptors (Lipinski definition) is 4. The number of para-hydroxylation sites is 3. The molecule has 7 nitrogen and oxygen atoms in total. The molecular weight excluding hydrogens is 382 g/mol. The summed E-state index contributed by atoms with van der Waals surface area (Å²) in [6.07, 6.45) is 1.04. The predicted molar refractivity (Wildman–Crippen MR) is 113 cm³/mol. The Morgan fingerprint density at radius 2 is 1.87 bits per heavy atom. The van der Waals surface area contributed by atoms with Gasteiger partial charge in [-0.25, -0.2) is 0 Å². The zero-order chi connectivity index (χ0) is 21.3. The third-order valence-electron chi connectivity index (χ3n) is 5.77. The number of ether oxygens (including phenoxy) is 1. The number of benzene rings is 2. The van der Waals surface area contributed by atoms with E-state index in [4.69, 9.17) is 4.74 Å². The summed E-state index contributed by atoms with van der Waals surface area (Å²) < 4.78 is 5.55. The minimum atomic E-state index is -0.758. The monoisotopic (exact) mass is 407 g/mol. The Balaban J connectivity index is 1.53. The van der Waals surface area contributed by atoms with Gasteiger partial charge in [-0.05, 0) is 44.5 Å². The predicted octanol–water partition coefficient (Wildman–Crippen LogP) is 3.41. The van der Waals surface area contributed by atoms with E-state index in [2.05, 4.69) is 5.32 Å². The Bertz CT molecular complexity index is 1010. The fourth-order valence-corrected chi connectivity index (χ4v) is 4.32. The van der Waals surface area contributed by atoms with Crippen molar-refractivity contribution in [1.82, 2.24) is 4.90 Å². The van der Waals surface area contributed by atoms with Crippen LogP contribution < -0.4 is 15.0 Å². The van der Waals surface area contributed by atoms with Crippen molar-refractivity contribution in [2.75, 3.05) is 23.4 Å². The van der Waals surface area contributed by atoms with E-state index in [0.29, 0.717) is 42.1 Å². The van der Waals surface area contributed by atoms with Crippen molar-refractivity contribution < 1.29 is 19.1 Å². The van der Waals surface area contributed by atoms with Crippen LogP contribution in [0.3, 0.4) is 0 Å². The van der Waals surface area contributed by atoms with Crippen LogP contribution in [0.25, 0.3) is 0 Å². The average molecular weight is 407 g/mol. The van der Waals surface area contributed by atoms with Crippen LogP contribution in [0.1, 0.15) is 43.5 Å². The number of nitrogens with one attached hydrogen (secondary N) is 1. The molecule has 1 N–H and O–H groups in total. The Morgan fingerprint density at radius 1 is 1.13 bits per heavy atom. The lowest BCUT2D eigenvalue weighted by Gasteiger charge is -2.48. The molecule has 0 saturated carbocycles. The minimum Gasteiger partial charge on any atom is -0.492 e. The number of nitrogens with zero attached hydrogens (tertiary/aromatic N) is 2. The van der Waals surface area contributed by atoms with Gasteiger partial charge in [-0.3, -0.25) is 19.3 Å². The van der Waals surface area contributed by atoms with Crippen LogP contribution in [0.5, 0.6) is 5.75 Å². The first-order valence-electron chi connectivity index (χ1n) is 10.2. The van der Waals surface area contributed by atoms with E-state index in [-0.39, 0.29) is 30.7 Å². The third kappa shape index (κ3) is 3.30. The van der Waals surface area contributed by atoms with E-state index in [9.17, 15) is 14.4 Å². The maximum atomic E-state index is 13.2. The fraction of sp³-hybridized carbons (Fsp3) is 0.348. The Labute approximate surface area is 175 Å². The van der Waals surface area contributed by atoms with Crippen molar-refractivity contribution >= 4 is 29.1 Å².